The molecule has 0 saturated carbocycles. The van der Waals surface area contributed by atoms with Crippen molar-refractivity contribution in [3.05, 3.63) is 104 Å². The Balaban J connectivity index is 1.18. The molecule has 0 fully saturated rings. The number of ether oxygens (including phenoxy) is 2. The van der Waals surface area contributed by atoms with Gasteiger partial charge in [0.15, 0.2) is 11.6 Å². The predicted octanol–water partition coefficient (Wildman–Crippen LogP) is 7.27. The number of H-pyrrole nitrogens is 1. The van der Waals surface area contributed by atoms with Crippen molar-refractivity contribution >= 4 is 44.2 Å². The number of nitrogens with one attached hydrogen (secondary N) is 2. The van der Waals surface area contributed by atoms with Gasteiger partial charge in [-0.25, -0.2) is 4.98 Å². The van der Waals surface area contributed by atoms with Gasteiger partial charge in [0.1, 0.15) is 22.7 Å². The highest BCUT2D eigenvalue weighted by molar-refractivity contribution is 6.06. The Labute approximate surface area is 223 Å². The molecule has 0 saturated heterocycles. The minimum absolute atomic E-state index is 0.619. The van der Waals surface area contributed by atoms with Crippen LogP contribution in [0.5, 0.6) is 17.2 Å². The van der Waals surface area contributed by atoms with Crippen molar-refractivity contribution in [3.63, 3.8) is 0 Å². The molecular formula is C31H22N6O2. The van der Waals surface area contributed by atoms with Crippen LogP contribution in [0.1, 0.15) is 0 Å². The maximum Gasteiger partial charge on any atom is 0.161 e. The molecule has 3 aromatic carbocycles. The van der Waals surface area contributed by atoms with E-state index < -0.39 is 0 Å². The van der Waals surface area contributed by atoms with E-state index in [1.165, 1.54) is 0 Å². The lowest BCUT2D eigenvalue weighted by Crippen LogP contribution is -1.99. The van der Waals surface area contributed by atoms with Gasteiger partial charge in [0.25, 0.3) is 0 Å². The van der Waals surface area contributed by atoms with Crippen LogP contribution in [0, 0.1) is 0 Å². The number of nitrogens with zero attached hydrogens (tertiary/aromatic N) is 4. The minimum Gasteiger partial charge on any atom is -0.495 e. The summed E-state index contributed by atoms with van der Waals surface area (Å²) in [4.78, 5) is 12.1. The predicted molar refractivity (Wildman–Crippen MR) is 153 cm³/mol. The van der Waals surface area contributed by atoms with Gasteiger partial charge in [-0.15, -0.1) is 10.2 Å². The minimum atomic E-state index is 0.619. The Morgan fingerprint density at radius 1 is 0.769 bits per heavy atom. The Morgan fingerprint density at radius 2 is 1.64 bits per heavy atom. The fraction of sp³-hybridized carbons (Fsp3) is 0.0323. The van der Waals surface area contributed by atoms with Crippen LogP contribution in [0.2, 0.25) is 0 Å². The van der Waals surface area contributed by atoms with Crippen molar-refractivity contribution < 1.29 is 9.47 Å². The summed E-state index contributed by atoms with van der Waals surface area (Å²) in [5.41, 5.74) is 5.19. The lowest BCUT2D eigenvalue weighted by molar-refractivity contribution is 0.413. The van der Waals surface area contributed by atoms with Gasteiger partial charge >= 0.3 is 0 Å². The first kappa shape index (κ1) is 22.7. The molecule has 7 rings (SSSR count). The fourth-order valence-electron chi connectivity index (χ4n) is 4.74. The smallest absolute Gasteiger partial charge is 0.161 e. The van der Waals surface area contributed by atoms with Crippen LogP contribution in [0.3, 0.4) is 0 Å². The van der Waals surface area contributed by atoms with E-state index >= 15 is 0 Å². The van der Waals surface area contributed by atoms with Crippen molar-refractivity contribution in [2.75, 3.05) is 12.4 Å². The first-order valence-corrected chi connectivity index (χ1v) is 12.4. The van der Waals surface area contributed by atoms with Gasteiger partial charge in [0.2, 0.25) is 0 Å². The number of anilines is 2. The number of pyridine rings is 2. The lowest BCUT2D eigenvalue weighted by atomic mass is 10.0. The summed E-state index contributed by atoms with van der Waals surface area (Å²) in [6.45, 7) is 0. The van der Waals surface area contributed by atoms with Gasteiger partial charge in [-0.1, -0.05) is 36.4 Å². The molecule has 0 radical (unpaired) electrons. The van der Waals surface area contributed by atoms with Crippen molar-refractivity contribution in [2.24, 2.45) is 0 Å². The summed E-state index contributed by atoms with van der Waals surface area (Å²) in [5, 5.41) is 15.8. The third-order valence-electron chi connectivity index (χ3n) is 6.63. The molecule has 0 spiro atoms. The van der Waals surface area contributed by atoms with Crippen LogP contribution >= 0.6 is 0 Å². The average molecular weight is 511 g/mol. The number of aromatic amines is 1. The van der Waals surface area contributed by atoms with E-state index in [1.807, 2.05) is 54.7 Å². The Morgan fingerprint density at radius 3 is 2.51 bits per heavy atom. The van der Waals surface area contributed by atoms with Gasteiger partial charge in [-0.2, -0.15) is 0 Å². The zero-order valence-corrected chi connectivity index (χ0v) is 20.9. The number of hydrogen-bond donors (Lipinski definition) is 2. The summed E-state index contributed by atoms with van der Waals surface area (Å²) in [6.07, 6.45) is 5.29. The van der Waals surface area contributed by atoms with E-state index in [-0.39, 0.29) is 0 Å². The second-order valence-electron chi connectivity index (χ2n) is 8.99. The molecule has 188 valence electrons. The Kier molecular flexibility index (Phi) is 5.48. The Hall–Kier alpha value is -5.50. The molecule has 4 aromatic heterocycles. The molecule has 0 aliphatic heterocycles. The molecule has 8 nitrogen and oxygen atoms in total. The monoisotopic (exact) mass is 510 g/mol. The summed E-state index contributed by atoms with van der Waals surface area (Å²) >= 11 is 0. The largest absolute Gasteiger partial charge is 0.495 e. The van der Waals surface area contributed by atoms with Crippen LogP contribution in [-0.2, 0) is 0 Å². The molecule has 0 amide bonds. The van der Waals surface area contributed by atoms with Crippen molar-refractivity contribution in [1.29, 1.82) is 0 Å². The van der Waals surface area contributed by atoms with Crippen molar-refractivity contribution in [3.8, 4) is 28.5 Å². The van der Waals surface area contributed by atoms with E-state index in [9.17, 15) is 0 Å². The molecule has 0 bridgehead atoms. The van der Waals surface area contributed by atoms with Gasteiger partial charge in [-0.05, 0) is 36.4 Å². The zero-order chi connectivity index (χ0) is 26.2. The van der Waals surface area contributed by atoms with E-state index in [0.29, 0.717) is 34.1 Å². The highest BCUT2D eigenvalue weighted by Crippen LogP contribution is 2.35. The van der Waals surface area contributed by atoms with E-state index in [0.717, 1.165) is 38.6 Å². The van der Waals surface area contributed by atoms with Gasteiger partial charge in [-0.3, -0.25) is 4.98 Å². The van der Waals surface area contributed by atoms with Crippen molar-refractivity contribution in [2.45, 2.75) is 0 Å². The molecule has 2 N–H and O–H groups in total. The number of rotatable bonds is 6. The van der Waals surface area contributed by atoms with Crippen LogP contribution in [-0.4, -0.2) is 32.3 Å². The maximum atomic E-state index is 6.13. The highest BCUT2D eigenvalue weighted by Gasteiger charge is 2.14. The summed E-state index contributed by atoms with van der Waals surface area (Å²) in [6, 6.07) is 27.7. The van der Waals surface area contributed by atoms with Gasteiger partial charge in [0, 0.05) is 57.5 Å². The number of fused-ring (bicyclic) bond motifs is 3. The molecular weight excluding hydrogens is 488 g/mol. The summed E-state index contributed by atoms with van der Waals surface area (Å²) in [5.74, 6) is 2.63. The lowest BCUT2D eigenvalue weighted by Gasteiger charge is -2.13. The molecule has 4 heterocycles. The summed E-state index contributed by atoms with van der Waals surface area (Å²) in [7, 11) is 1.60. The molecule has 0 aliphatic rings. The van der Waals surface area contributed by atoms with Crippen LogP contribution < -0.4 is 14.8 Å². The van der Waals surface area contributed by atoms with Crippen LogP contribution in [0.15, 0.2) is 104 Å². The topological polar surface area (TPSA) is 97.8 Å². The third-order valence-corrected chi connectivity index (χ3v) is 6.63. The number of aromatic nitrogens is 5. The average Bonchev–Trinajstić information content (AvgIpc) is 3.48. The normalized spacial score (nSPS) is 11.2. The SMILES string of the molecule is COc1cnc2c(Oc3ccc(Nc4nnc(-c5cccc6[nH]ccc56)c5ccccc45)cc3)ccnc2c1. The van der Waals surface area contributed by atoms with Gasteiger partial charge < -0.3 is 19.8 Å². The molecule has 0 aliphatic carbocycles. The second-order valence-corrected chi connectivity index (χ2v) is 8.99. The van der Waals surface area contributed by atoms with E-state index in [4.69, 9.17) is 9.47 Å². The molecule has 0 unspecified atom stereocenters. The molecule has 8 heteroatoms. The maximum absolute atomic E-state index is 6.13. The van der Waals surface area contributed by atoms with E-state index in [1.54, 1.807) is 25.6 Å². The van der Waals surface area contributed by atoms with Crippen LogP contribution in [0.25, 0.3) is 44.0 Å². The zero-order valence-electron chi connectivity index (χ0n) is 20.9. The fourth-order valence-corrected chi connectivity index (χ4v) is 4.74. The van der Waals surface area contributed by atoms with Gasteiger partial charge in [0.05, 0.1) is 18.8 Å². The second kappa shape index (κ2) is 9.42. The first-order chi connectivity index (χ1) is 19.3. The number of benzene rings is 3. The quantitative estimate of drug-likeness (QED) is 0.243. The molecule has 0 atom stereocenters. The molecule has 39 heavy (non-hydrogen) atoms. The van der Waals surface area contributed by atoms with Crippen LogP contribution in [0.4, 0.5) is 11.5 Å². The summed E-state index contributed by atoms with van der Waals surface area (Å²) < 4.78 is 11.4. The molecule has 7 aromatic rings. The number of hydrogen-bond acceptors (Lipinski definition) is 7. The Bertz CT molecular complexity index is 1970. The standard InChI is InChI=1S/C31H22N6O2/c1-38-21-17-27-30(34-18-21)28(14-16-33-27)39-20-11-9-19(10-12-20)35-31-25-6-3-2-5-24(25)29(36-37-31)23-7-4-8-26-22(23)13-15-32-26/h2-18,32H,1H3,(H,35,37). The van der Waals surface area contributed by atoms with E-state index in [2.05, 4.69) is 60.8 Å². The highest BCUT2D eigenvalue weighted by atomic mass is 16.5. The third kappa shape index (κ3) is 4.14. The first-order valence-electron chi connectivity index (χ1n) is 12.4. The van der Waals surface area contributed by atoms with Crippen molar-refractivity contribution in [1.82, 2.24) is 25.1 Å². The number of methoxy groups -OCH3 is 1.